The Morgan fingerprint density at radius 1 is 0.920 bits per heavy atom. The lowest BCUT2D eigenvalue weighted by atomic mass is 9.56. The molecule has 1 saturated carbocycles. The Kier molecular flexibility index (Phi) is 11.1. The van der Waals surface area contributed by atoms with Gasteiger partial charge in [-0.3, -0.25) is 9.69 Å². The van der Waals surface area contributed by atoms with Crippen LogP contribution in [0.2, 0.25) is 0 Å². The van der Waals surface area contributed by atoms with Gasteiger partial charge in [0.25, 0.3) is 0 Å². The van der Waals surface area contributed by atoms with Gasteiger partial charge in [-0.05, 0) is 125 Å². The van der Waals surface area contributed by atoms with E-state index in [0.717, 1.165) is 134 Å². The van der Waals surface area contributed by atoms with Gasteiger partial charge in [0.2, 0.25) is 0 Å². The van der Waals surface area contributed by atoms with Gasteiger partial charge in [0.15, 0.2) is 0 Å². The molecule has 0 bridgehead atoms. The number of likely N-dealkylation sites (tertiary alicyclic amines) is 2. The molecule has 0 unspecified atom stereocenters. The van der Waals surface area contributed by atoms with E-state index in [1.54, 1.807) is 6.07 Å². The van der Waals surface area contributed by atoms with Gasteiger partial charge >= 0.3 is 5.97 Å². The minimum Gasteiger partial charge on any atom is -0.469 e. The van der Waals surface area contributed by atoms with Gasteiger partial charge in [0.1, 0.15) is 5.82 Å². The average Bonchev–Trinajstić information content (AvgIpc) is 3.55. The Balaban J connectivity index is 1.01. The fraction of sp³-hybridized carbons (Fsp3) is 0.659. The van der Waals surface area contributed by atoms with Crippen LogP contribution in [0.5, 0.6) is 0 Å². The van der Waals surface area contributed by atoms with E-state index < -0.39 is 0 Å². The quantitative estimate of drug-likeness (QED) is 0.283. The van der Waals surface area contributed by atoms with E-state index in [2.05, 4.69) is 55.8 Å². The second-order valence-electron chi connectivity index (χ2n) is 16.1. The highest BCUT2D eigenvalue weighted by Crippen LogP contribution is 2.54. The summed E-state index contributed by atoms with van der Waals surface area (Å²) in [5.74, 6) is 1.43. The summed E-state index contributed by atoms with van der Waals surface area (Å²) in [5, 5.41) is 9.81. The second kappa shape index (κ2) is 15.7. The van der Waals surface area contributed by atoms with Gasteiger partial charge in [-0.2, -0.15) is 5.26 Å². The van der Waals surface area contributed by atoms with Crippen molar-refractivity contribution in [2.45, 2.75) is 56.9 Å². The first-order valence-corrected chi connectivity index (χ1v) is 19.3. The predicted octanol–water partition coefficient (Wildman–Crippen LogP) is 5.22. The maximum Gasteiger partial charge on any atom is 0.305 e. The number of methoxy groups -OCH3 is 1. The molecule has 8 nitrogen and oxygen atoms in total. The molecular weight excluding hydrogens is 627 g/mol. The van der Waals surface area contributed by atoms with Crippen molar-refractivity contribution in [2.24, 2.45) is 23.7 Å². The predicted molar refractivity (Wildman–Crippen MR) is 195 cm³/mol. The monoisotopic (exact) mass is 684 g/mol. The zero-order valence-electron chi connectivity index (χ0n) is 30.4. The molecule has 0 aromatic heterocycles. The number of carbonyl (C=O) groups excluding carboxylic acids is 1. The van der Waals surface area contributed by atoms with Crippen LogP contribution in [0, 0.1) is 40.8 Å². The molecule has 5 aliphatic rings. The number of piperidine rings is 1. The van der Waals surface area contributed by atoms with Crippen molar-refractivity contribution in [3.05, 3.63) is 65.0 Å². The number of hydrogen-bond donors (Lipinski definition) is 0. The van der Waals surface area contributed by atoms with E-state index in [0.29, 0.717) is 24.2 Å². The van der Waals surface area contributed by atoms with Gasteiger partial charge in [-0.15, -0.1) is 0 Å². The summed E-state index contributed by atoms with van der Waals surface area (Å²) < 4.78 is 20.2. The Hall–Kier alpha value is -3.03. The van der Waals surface area contributed by atoms with Crippen LogP contribution in [0.15, 0.2) is 42.5 Å². The van der Waals surface area contributed by atoms with Crippen molar-refractivity contribution in [2.75, 3.05) is 97.6 Å². The van der Waals surface area contributed by atoms with E-state index in [4.69, 9.17) is 4.74 Å². The normalized spacial score (nSPS) is 25.8. The molecule has 7 rings (SSSR count). The summed E-state index contributed by atoms with van der Waals surface area (Å²) in [6, 6.07) is 16.3. The van der Waals surface area contributed by atoms with Crippen molar-refractivity contribution in [3.63, 3.8) is 0 Å². The van der Waals surface area contributed by atoms with E-state index in [1.807, 2.05) is 18.2 Å². The highest BCUT2D eigenvalue weighted by Gasteiger charge is 2.53. The third-order valence-electron chi connectivity index (χ3n) is 13.1. The van der Waals surface area contributed by atoms with Crippen LogP contribution in [0.25, 0.3) is 0 Å². The molecule has 0 radical (unpaired) electrons. The number of nitriles is 1. The smallest absolute Gasteiger partial charge is 0.305 e. The number of rotatable bonds is 12. The van der Waals surface area contributed by atoms with Crippen LogP contribution >= 0.6 is 0 Å². The molecule has 50 heavy (non-hydrogen) atoms. The molecule has 0 spiro atoms. The van der Waals surface area contributed by atoms with Crippen molar-refractivity contribution in [1.29, 1.82) is 5.26 Å². The molecule has 9 heteroatoms. The van der Waals surface area contributed by atoms with Gasteiger partial charge < -0.3 is 24.3 Å². The van der Waals surface area contributed by atoms with Crippen molar-refractivity contribution in [1.82, 2.24) is 19.6 Å². The topological polar surface area (TPSA) is 66.3 Å². The van der Waals surface area contributed by atoms with E-state index in [1.165, 1.54) is 19.2 Å². The van der Waals surface area contributed by atoms with Gasteiger partial charge in [-0.25, -0.2) is 4.39 Å². The zero-order valence-corrected chi connectivity index (χ0v) is 30.4. The molecule has 3 atom stereocenters. The molecule has 2 aromatic carbocycles. The first-order chi connectivity index (χ1) is 24.3. The summed E-state index contributed by atoms with van der Waals surface area (Å²) in [5.41, 5.74) is 4.16. The van der Waals surface area contributed by atoms with E-state index in [-0.39, 0.29) is 23.1 Å². The Bertz CT molecular complexity index is 1500. The summed E-state index contributed by atoms with van der Waals surface area (Å²) in [6.45, 7) is 13.6. The first kappa shape index (κ1) is 35.4. The van der Waals surface area contributed by atoms with Crippen molar-refractivity contribution < 1.29 is 13.9 Å². The first-order valence-electron chi connectivity index (χ1n) is 19.3. The van der Waals surface area contributed by atoms with Gasteiger partial charge in [0, 0.05) is 82.3 Å². The highest BCUT2D eigenvalue weighted by atomic mass is 19.1. The van der Waals surface area contributed by atoms with E-state index >= 15 is 4.39 Å². The lowest BCUT2D eigenvalue weighted by molar-refractivity contribution is -0.142. The molecule has 1 aliphatic carbocycles. The van der Waals surface area contributed by atoms with Crippen LogP contribution in [0.3, 0.4) is 0 Å². The molecule has 270 valence electrons. The number of nitrogens with zero attached hydrogens (tertiary/aromatic N) is 6. The largest absolute Gasteiger partial charge is 0.469 e. The number of benzene rings is 2. The number of carbonyl (C=O) groups is 1. The number of piperazine rings is 1. The number of esters is 1. The fourth-order valence-corrected chi connectivity index (χ4v) is 10.2. The summed E-state index contributed by atoms with van der Waals surface area (Å²) in [4.78, 5) is 25.2. The lowest BCUT2D eigenvalue weighted by Gasteiger charge is -2.54. The van der Waals surface area contributed by atoms with Crippen molar-refractivity contribution >= 4 is 11.7 Å². The second-order valence-corrected chi connectivity index (χ2v) is 16.1. The van der Waals surface area contributed by atoms with Gasteiger partial charge in [0.05, 0.1) is 18.7 Å². The number of ether oxygens (including phenoxy) is 1. The Labute approximate surface area is 299 Å². The number of likely N-dealkylation sites (N-methyl/N-ethyl adjacent to an activating group) is 1. The van der Waals surface area contributed by atoms with Crippen LogP contribution in [-0.2, 0) is 21.5 Å². The summed E-state index contributed by atoms with van der Waals surface area (Å²) in [6.07, 6.45) is 7.16. The third kappa shape index (κ3) is 7.60. The minimum absolute atomic E-state index is 0.115. The fourth-order valence-electron chi connectivity index (χ4n) is 10.2. The minimum atomic E-state index is -0.172. The highest BCUT2D eigenvalue weighted by molar-refractivity contribution is 5.69. The Morgan fingerprint density at radius 2 is 1.70 bits per heavy atom. The summed E-state index contributed by atoms with van der Waals surface area (Å²) in [7, 11) is 3.68. The molecule has 4 aliphatic heterocycles. The number of hydrogen-bond acceptors (Lipinski definition) is 8. The molecule has 0 N–H and O–H groups in total. The average molecular weight is 685 g/mol. The molecular formula is C41H57FN6O2. The van der Waals surface area contributed by atoms with Crippen LogP contribution in [-0.4, -0.2) is 118 Å². The molecule has 2 aromatic rings. The maximum atomic E-state index is 15.0. The third-order valence-corrected chi connectivity index (χ3v) is 13.1. The number of anilines is 1. The van der Waals surface area contributed by atoms with E-state index in [9.17, 15) is 10.1 Å². The summed E-state index contributed by atoms with van der Waals surface area (Å²) >= 11 is 0. The van der Waals surface area contributed by atoms with Crippen LogP contribution in [0.1, 0.15) is 61.6 Å². The molecule has 4 heterocycles. The Morgan fingerprint density at radius 3 is 2.38 bits per heavy atom. The molecule has 4 saturated heterocycles. The maximum absolute atomic E-state index is 15.0. The molecule has 0 amide bonds. The lowest BCUT2D eigenvalue weighted by Crippen LogP contribution is -2.58. The van der Waals surface area contributed by atoms with Crippen molar-refractivity contribution in [3.8, 4) is 6.07 Å². The zero-order chi connectivity index (χ0) is 34.7. The number of halogens is 1. The molecule has 5 fully saturated rings. The van der Waals surface area contributed by atoms with Gasteiger partial charge in [-0.1, -0.05) is 18.6 Å². The van der Waals surface area contributed by atoms with Crippen LogP contribution < -0.4 is 4.90 Å². The SMILES string of the molecule is COC(=O)C[C@H]1CCC[C@@H]1[C@](CN1CCC1)(c1cccc(F)c1)C1CCN(CC2CN(c3ccc(C#N)c(CN4CCN(C)CC4)c3)C2)CC1. The standard InChI is InChI=1S/C41H57FN6O2/c1-44-18-20-46(21-19-44)29-34-22-38(11-10-33(34)25-43)48-27-31(28-48)26-45-16-12-35(13-17-45)41(30-47-14-5-15-47,36-7-4-8-37(42)24-36)39-9-3-6-32(39)23-40(49)50-2/h4,7-8,10-11,22,24,31-32,35,39H,3,5-6,9,12-21,23,26-30H2,1-2H3/t32-,39+,41+/m1/s1. The van der Waals surface area contributed by atoms with Crippen LogP contribution in [0.4, 0.5) is 10.1 Å².